The van der Waals surface area contributed by atoms with Crippen molar-refractivity contribution in [3.8, 4) is 11.3 Å². The lowest BCUT2D eigenvalue weighted by Crippen LogP contribution is -2.48. The van der Waals surface area contributed by atoms with E-state index in [1.807, 2.05) is 36.4 Å². The fourth-order valence-electron chi connectivity index (χ4n) is 3.27. The molecule has 0 amide bonds. The zero-order valence-corrected chi connectivity index (χ0v) is 16.0. The summed E-state index contributed by atoms with van der Waals surface area (Å²) in [5.41, 5.74) is 1.76. The van der Waals surface area contributed by atoms with Crippen LogP contribution in [-0.4, -0.2) is 49.0 Å². The Labute approximate surface area is 163 Å². The first-order chi connectivity index (χ1) is 13.5. The molecule has 0 aliphatic carbocycles. The van der Waals surface area contributed by atoms with Crippen molar-refractivity contribution in [1.29, 1.82) is 0 Å². The van der Waals surface area contributed by atoms with Crippen molar-refractivity contribution in [2.45, 2.75) is 11.4 Å². The lowest BCUT2D eigenvalue weighted by atomic mass is 10.1. The van der Waals surface area contributed by atoms with E-state index in [0.717, 1.165) is 23.1 Å². The highest BCUT2D eigenvalue weighted by atomic mass is 32.2. The summed E-state index contributed by atoms with van der Waals surface area (Å²) in [6.07, 6.45) is 0. The van der Waals surface area contributed by atoms with Crippen LogP contribution >= 0.6 is 0 Å². The third-order valence-electron chi connectivity index (χ3n) is 4.79. The molecule has 0 unspecified atom stereocenters. The predicted molar refractivity (Wildman–Crippen MR) is 102 cm³/mol. The van der Waals surface area contributed by atoms with Gasteiger partial charge in [0, 0.05) is 37.8 Å². The molecule has 0 spiro atoms. The largest absolute Gasteiger partial charge is 0.359 e. The molecule has 1 aliphatic rings. The van der Waals surface area contributed by atoms with Gasteiger partial charge in [-0.05, 0) is 12.1 Å². The highest BCUT2D eigenvalue weighted by Gasteiger charge is 2.30. The lowest BCUT2D eigenvalue weighted by molar-refractivity contribution is 0.166. The van der Waals surface area contributed by atoms with Gasteiger partial charge in [0.15, 0.2) is 5.76 Å². The topological polar surface area (TPSA) is 66.7 Å². The van der Waals surface area contributed by atoms with Crippen molar-refractivity contribution < 1.29 is 17.3 Å². The Morgan fingerprint density at radius 2 is 1.64 bits per heavy atom. The first-order valence-corrected chi connectivity index (χ1v) is 10.5. The maximum Gasteiger partial charge on any atom is 0.246 e. The van der Waals surface area contributed by atoms with Crippen LogP contribution in [0.5, 0.6) is 0 Å². The number of benzene rings is 2. The molecule has 2 aromatic carbocycles. The van der Waals surface area contributed by atoms with Crippen LogP contribution in [0.1, 0.15) is 5.76 Å². The van der Waals surface area contributed by atoms with E-state index in [2.05, 4.69) is 10.1 Å². The van der Waals surface area contributed by atoms with E-state index in [4.69, 9.17) is 4.52 Å². The van der Waals surface area contributed by atoms with E-state index in [0.29, 0.717) is 32.7 Å². The van der Waals surface area contributed by atoms with Crippen molar-refractivity contribution in [1.82, 2.24) is 14.4 Å². The van der Waals surface area contributed by atoms with Crippen molar-refractivity contribution in [3.63, 3.8) is 0 Å². The molecule has 6 nitrogen and oxygen atoms in total. The Bertz CT molecular complexity index is 1050. The van der Waals surface area contributed by atoms with E-state index in [1.165, 1.54) is 22.5 Å². The Morgan fingerprint density at radius 3 is 2.36 bits per heavy atom. The van der Waals surface area contributed by atoms with Crippen LogP contribution in [0.2, 0.25) is 0 Å². The summed E-state index contributed by atoms with van der Waals surface area (Å²) in [6, 6.07) is 17.1. The molecule has 1 fully saturated rings. The zero-order chi connectivity index (χ0) is 19.6. The van der Waals surface area contributed by atoms with E-state index in [9.17, 15) is 12.8 Å². The van der Waals surface area contributed by atoms with Gasteiger partial charge in [0.1, 0.15) is 16.4 Å². The standard InChI is InChI=1S/C20H20FN3O3S/c21-18-8-4-5-9-20(18)28(25,26)24-12-10-23(11-13-24)15-17-14-19(22-27-17)16-6-2-1-3-7-16/h1-9,14H,10-13,15H2. The van der Waals surface area contributed by atoms with Gasteiger partial charge in [-0.1, -0.05) is 47.6 Å². The summed E-state index contributed by atoms with van der Waals surface area (Å²) in [6.45, 7) is 2.23. The summed E-state index contributed by atoms with van der Waals surface area (Å²) >= 11 is 0. The normalized spacial score (nSPS) is 16.3. The third-order valence-corrected chi connectivity index (χ3v) is 6.73. The average Bonchev–Trinajstić information content (AvgIpc) is 3.18. The number of halogens is 1. The summed E-state index contributed by atoms with van der Waals surface area (Å²) in [4.78, 5) is 1.83. The van der Waals surface area contributed by atoms with Crippen LogP contribution < -0.4 is 0 Å². The van der Waals surface area contributed by atoms with E-state index in [1.54, 1.807) is 0 Å². The van der Waals surface area contributed by atoms with Crippen molar-refractivity contribution in [2.24, 2.45) is 0 Å². The lowest BCUT2D eigenvalue weighted by Gasteiger charge is -2.33. The quantitative estimate of drug-likeness (QED) is 0.658. The second-order valence-electron chi connectivity index (χ2n) is 6.66. The van der Waals surface area contributed by atoms with Gasteiger partial charge in [-0.25, -0.2) is 12.8 Å². The van der Waals surface area contributed by atoms with Gasteiger partial charge in [-0.2, -0.15) is 4.31 Å². The maximum atomic E-state index is 13.9. The molecule has 8 heteroatoms. The third kappa shape index (κ3) is 3.84. The van der Waals surface area contributed by atoms with Gasteiger partial charge >= 0.3 is 0 Å². The number of aromatic nitrogens is 1. The smallest absolute Gasteiger partial charge is 0.246 e. The van der Waals surface area contributed by atoms with Crippen LogP contribution in [0.15, 0.2) is 70.1 Å². The molecule has 0 saturated carbocycles. The monoisotopic (exact) mass is 401 g/mol. The molecule has 146 valence electrons. The Hall–Kier alpha value is -2.55. The van der Waals surface area contributed by atoms with E-state index < -0.39 is 15.8 Å². The maximum absolute atomic E-state index is 13.9. The minimum Gasteiger partial charge on any atom is -0.359 e. The summed E-state index contributed by atoms with van der Waals surface area (Å²) in [5, 5.41) is 4.11. The molecule has 2 heterocycles. The van der Waals surface area contributed by atoms with E-state index >= 15 is 0 Å². The molecule has 0 bridgehead atoms. The Morgan fingerprint density at radius 1 is 0.964 bits per heavy atom. The Kier molecular flexibility index (Phi) is 5.25. The van der Waals surface area contributed by atoms with Gasteiger partial charge in [0.2, 0.25) is 10.0 Å². The van der Waals surface area contributed by atoms with Crippen molar-refractivity contribution in [2.75, 3.05) is 26.2 Å². The molecular weight excluding hydrogens is 381 g/mol. The molecule has 1 aliphatic heterocycles. The van der Waals surface area contributed by atoms with Crippen molar-refractivity contribution >= 4 is 10.0 Å². The van der Waals surface area contributed by atoms with Crippen LogP contribution in [0.25, 0.3) is 11.3 Å². The summed E-state index contributed by atoms with van der Waals surface area (Å²) in [7, 11) is -3.83. The van der Waals surface area contributed by atoms with Gasteiger partial charge in [0.25, 0.3) is 0 Å². The van der Waals surface area contributed by atoms with Crippen molar-refractivity contribution in [3.05, 3.63) is 72.2 Å². The minimum absolute atomic E-state index is 0.272. The number of nitrogens with zero attached hydrogens (tertiary/aromatic N) is 3. The van der Waals surface area contributed by atoms with Gasteiger partial charge < -0.3 is 4.52 Å². The molecule has 0 N–H and O–H groups in total. The first kappa shape index (κ1) is 18.8. The number of hydrogen-bond acceptors (Lipinski definition) is 5. The molecule has 1 aromatic heterocycles. The van der Waals surface area contributed by atoms with Crippen LogP contribution in [0.3, 0.4) is 0 Å². The fourth-order valence-corrected chi connectivity index (χ4v) is 4.76. The SMILES string of the molecule is O=S(=O)(c1ccccc1F)N1CCN(Cc2cc(-c3ccccc3)no2)CC1. The summed E-state index contributed by atoms with van der Waals surface area (Å²) in [5.74, 6) is 0.00398. The highest BCUT2D eigenvalue weighted by molar-refractivity contribution is 7.89. The van der Waals surface area contributed by atoms with Gasteiger partial charge in [-0.3, -0.25) is 4.90 Å². The first-order valence-electron chi connectivity index (χ1n) is 9.02. The Balaban J connectivity index is 1.39. The van der Waals surface area contributed by atoms with Gasteiger partial charge in [0.05, 0.1) is 6.54 Å². The van der Waals surface area contributed by atoms with Crippen LogP contribution in [-0.2, 0) is 16.6 Å². The fraction of sp³-hybridized carbons (Fsp3) is 0.250. The molecule has 3 aromatic rings. The molecule has 4 rings (SSSR count). The number of piperazine rings is 1. The predicted octanol–water partition coefficient (Wildman–Crippen LogP) is 2.99. The molecule has 1 saturated heterocycles. The molecular formula is C20H20FN3O3S. The minimum atomic E-state index is -3.83. The van der Waals surface area contributed by atoms with Gasteiger partial charge in [-0.15, -0.1) is 0 Å². The average molecular weight is 401 g/mol. The van der Waals surface area contributed by atoms with E-state index in [-0.39, 0.29) is 4.90 Å². The second kappa shape index (κ2) is 7.83. The van der Waals surface area contributed by atoms with Crippen LogP contribution in [0.4, 0.5) is 4.39 Å². The second-order valence-corrected chi connectivity index (χ2v) is 8.56. The molecule has 0 radical (unpaired) electrons. The molecule has 0 atom stereocenters. The highest BCUT2D eigenvalue weighted by Crippen LogP contribution is 2.22. The number of sulfonamides is 1. The van der Waals surface area contributed by atoms with Crippen LogP contribution in [0, 0.1) is 5.82 Å². The number of rotatable bonds is 5. The zero-order valence-electron chi connectivity index (χ0n) is 15.2. The summed E-state index contributed by atoms with van der Waals surface area (Å²) < 4.78 is 46.0. The molecule has 28 heavy (non-hydrogen) atoms. The number of hydrogen-bond donors (Lipinski definition) is 0.